The van der Waals surface area contributed by atoms with Crippen LogP contribution >= 0.6 is 24.0 Å². The van der Waals surface area contributed by atoms with Gasteiger partial charge in [-0.25, -0.2) is 0 Å². The van der Waals surface area contributed by atoms with Crippen LogP contribution in [0.1, 0.15) is 15.9 Å². The number of nitrogens with zero attached hydrogens (tertiary/aromatic N) is 1. The Bertz CT molecular complexity index is 1120. The molecule has 0 bridgehead atoms. The molecule has 0 radical (unpaired) electrons. The zero-order chi connectivity index (χ0) is 22.7. The Balaban J connectivity index is 1.39. The standard InChI is InChI=1S/C22H20N2O6S2/c1-27-16-5-3-4-14(19(16)28-2)20(25)23-8-9-24-21(26)18(32-22(24)31)11-13-6-7-15-17(10-13)30-12-29-15/h3-7,10-11H,8-9,12H2,1-2H3,(H,23,25)/b18-11-. The van der Waals surface area contributed by atoms with Crippen molar-refractivity contribution in [2.75, 3.05) is 34.1 Å². The molecule has 0 spiro atoms. The lowest BCUT2D eigenvalue weighted by Crippen LogP contribution is -2.37. The van der Waals surface area contributed by atoms with Gasteiger partial charge in [0.2, 0.25) is 6.79 Å². The number of thioether (sulfide) groups is 1. The maximum Gasteiger partial charge on any atom is 0.266 e. The van der Waals surface area contributed by atoms with Crippen molar-refractivity contribution in [2.45, 2.75) is 0 Å². The van der Waals surface area contributed by atoms with E-state index in [0.29, 0.717) is 37.8 Å². The van der Waals surface area contributed by atoms with Crippen LogP contribution in [0, 0.1) is 0 Å². The summed E-state index contributed by atoms with van der Waals surface area (Å²) in [4.78, 5) is 27.4. The van der Waals surface area contributed by atoms with Gasteiger partial charge in [0.1, 0.15) is 4.32 Å². The Labute approximate surface area is 194 Å². The van der Waals surface area contributed by atoms with Crippen molar-refractivity contribution in [3.63, 3.8) is 0 Å². The van der Waals surface area contributed by atoms with Gasteiger partial charge in [-0.15, -0.1) is 0 Å². The third-order valence-electron chi connectivity index (χ3n) is 4.84. The Morgan fingerprint density at radius 3 is 2.81 bits per heavy atom. The number of benzene rings is 2. The molecule has 0 aliphatic carbocycles. The largest absolute Gasteiger partial charge is 0.493 e. The minimum absolute atomic E-state index is 0.189. The summed E-state index contributed by atoms with van der Waals surface area (Å²) in [5.74, 6) is 1.60. The van der Waals surface area contributed by atoms with Crippen LogP contribution in [0.4, 0.5) is 0 Å². The number of carbonyl (C=O) groups excluding carboxylic acids is 2. The van der Waals surface area contributed by atoms with E-state index in [2.05, 4.69) is 5.32 Å². The van der Waals surface area contributed by atoms with Gasteiger partial charge < -0.3 is 24.3 Å². The molecule has 0 saturated carbocycles. The van der Waals surface area contributed by atoms with Crippen molar-refractivity contribution >= 4 is 46.2 Å². The first-order chi connectivity index (χ1) is 15.5. The lowest BCUT2D eigenvalue weighted by molar-refractivity contribution is -0.122. The molecule has 1 saturated heterocycles. The molecule has 166 valence electrons. The van der Waals surface area contributed by atoms with Crippen molar-refractivity contribution in [1.29, 1.82) is 0 Å². The highest BCUT2D eigenvalue weighted by Crippen LogP contribution is 2.36. The van der Waals surface area contributed by atoms with Crippen molar-refractivity contribution in [2.24, 2.45) is 0 Å². The lowest BCUT2D eigenvalue weighted by atomic mass is 10.1. The van der Waals surface area contributed by atoms with Gasteiger partial charge in [-0.1, -0.05) is 36.1 Å². The number of rotatable bonds is 7. The second-order valence-corrected chi connectivity index (χ2v) is 8.42. The van der Waals surface area contributed by atoms with Gasteiger partial charge >= 0.3 is 0 Å². The molecule has 2 aliphatic heterocycles. The summed E-state index contributed by atoms with van der Waals surface area (Å²) in [5.41, 5.74) is 1.16. The number of fused-ring (bicyclic) bond motifs is 1. The second-order valence-electron chi connectivity index (χ2n) is 6.74. The smallest absolute Gasteiger partial charge is 0.266 e. The van der Waals surface area contributed by atoms with Gasteiger partial charge in [0.05, 0.1) is 24.7 Å². The summed E-state index contributed by atoms with van der Waals surface area (Å²) < 4.78 is 21.7. The quantitative estimate of drug-likeness (QED) is 0.486. The molecular weight excluding hydrogens is 452 g/mol. The number of methoxy groups -OCH3 is 2. The zero-order valence-electron chi connectivity index (χ0n) is 17.4. The fourth-order valence-electron chi connectivity index (χ4n) is 3.29. The molecule has 2 aliphatic rings. The van der Waals surface area contributed by atoms with Crippen LogP contribution in [-0.2, 0) is 4.79 Å². The first kappa shape index (κ1) is 22.0. The number of ether oxygens (including phenoxy) is 4. The average Bonchev–Trinajstić information content (AvgIpc) is 3.37. The van der Waals surface area contributed by atoms with Crippen LogP contribution < -0.4 is 24.3 Å². The number of amides is 2. The highest BCUT2D eigenvalue weighted by atomic mass is 32.2. The number of carbonyl (C=O) groups is 2. The zero-order valence-corrected chi connectivity index (χ0v) is 19.0. The fraction of sp³-hybridized carbons (Fsp3) is 0.227. The predicted octanol–water partition coefficient (Wildman–Crippen LogP) is 3.06. The van der Waals surface area contributed by atoms with E-state index in [1.165, 1.54) is 30.9 Å². The normalized spacial score (nSPS) is 15.9. The van der Waals surface area contributed by atoms with Crippen LogP contribution in [0.5, 0.6) is 23.0 Å². The third kappa shape index (κ3) is 4.37. The number of hydrogen-bond acceptors (Lipinski definition) is 8. The summed E-state index contributed by atoms with van der Waals surface area (Å²) >= 11 is 6.59. The molecule has 32 heavy (non-hydrogen) atoms. The summed E-state index contributed by atoms with van der Waals surface area (Å²) in [7, 11) is 2.98. The molecule has 4 rings (SSSR count). The van der Waals surface area contributed by atoms with Crippen LogP contribution in [0.2, 0.25) is 0 Å². The van der Waals surface area contributed by atoms with E-state index >= 15 is 0 Å². The molecule has 2 aromatic carbocycles. The maximum absolute atomic E-state index is 12.8. The molecule has 10 heteroatoms. The Morgan fingerprint density at radius 1 is 1.22 bits per heavy atom. The average molecular weight is 473 g/mol. The van der Waals surface area contributed by atoms with Gasteiger partial charge in [0.15, 0.2) is 23.0 Å². The minimum Gasteiger partial charge on any atom is -0.493 e. The topological polar surface area (TPSA) is 86.3 Å². The minimum atomic E-state index is -0.331. The summed E-state index contributed by atoms with van der Waals surface area (Å²) in [6, 6.07) is 10.5. The van der Waals surface area contributed by atoms with Crippen molar-refractivity contribution in [3.05, 3.63) is 52.4 Å². The van der Waals surface area contributed by atoms with E-state index in [1.807, 2.05) is 12.1 Å². The Kier molecular flexibility index (Phi) is 6.52. The van der Waals surface area contributed by atoms with Gasteiger partial charge in [0, 0.05) is 13.1 Å². The van der Waals surface area contributed by atoms with Crippen molar-refractivity contribution in [3.8, 4) is 23.0 Å². The highest BCUT2D eigenvalue weighted by molar-refractivity contribution is 8.26. The van der Waals surface area contributed by atoms with Gasteiger partial charge in [-0.3, -0.25) is 14.5 Å². The lowest BCUT2D eigenvalue weighted by Gasteiger charge is -2.16. The molecule has 2 aromatic rings. The van der Waals surface area contributed by atoms with Crippen molar-refractivity contribution in [1.82, 2.24) is 10.2 Å². The van der Waals surface area contributed by atoms with E-state index in [1.54, 1.807) is 30.3 Å². The molecule has 0 aromatic heterocycles. The molecule has 2 amide bonds. The Hall–Kier alpha value is -3.24. The van der Waals surface area contributed by atoms with E-state index in [0.717, 1.165) is 5.56 Å². The summed E-state index contributed by atoms with van der Waals surface area (Å²) in [6.07, 6.45) is 1.76. The molecule has 8 nitrogen and oxygen atoms in total. The van der Waals surface area contributed by atoms with E-state index in [-0.39, 0.29) is 31.7 Å². The highest BCUT2D eigenvalue weighted by Gasteiger charge is 2.32. The van der Waals surface area contributed by atoms with Crippen molar-refractivity contribution < 1.29 is 28.5 Å². The third-order valence-corrected chi connectivity index (χ3v) is 6.21. The van der Waals surface area contributed by atoms with E-state index < -0.39 is 0 Å². The van der Waals surface area contributed by atoms with Crippen LogP contribution in [0.15, 0.2) is 41.3 Å². The van der Waals surface area contributed by atoms with Gasteiger partial charge in [-0.05, 0) is 35.9 Å². The van der Waals surface area contributed by atoms with Crippen LogP contribution in [0.25, 0.3) is 6.08 Å². The first-order valence-corrected chi connectivity index (χ1v) is 10.9. The second kappa shape index (κ2) is 9.49. The maximum atomic E-state index is 12.8. The predicted molar refractivity (Wildman–Crippen MR) is 124 cm³/mol. The number of para-hydroxylation sites is 1. The van der Waals surface area contributed by atoms with Gasteiger partial charge in [-0.2, -0.15) is 0 Å². The summed E-state index contributed by atoms with van der Waals surface area (Å²) in [6.45, 7) is 0.665. The number of thiocarbonyl (C=S) groups is 1. The van der Waals surface area contributed by atoms with E-state index in [9.17, 15) is 9.59 Å². The van der Waals surface area contributed by atoms with Crippen LogP contribution in [0.3, 0.4) is 0 Å². The summed E-state index contributed by atoms with van der Waals surface area (Å²) in [5, 5.41) is 2.80. The molecular formula is C22H20N2O6S2. The number of hydrogen-bond donors (Lipinski definition) is 1. The first-order valence-electron chi connectivity index (χ1n) is 9.66. The monoisotopic (exact) mass is 472 g/mol. The molecule has 0 unspecified atom stereocenters. The molecule has 1 N–H and O–H groups in total. The van der Waals surface area contributed by atoms with E-state index in [4.69, 9.17) is 31.2 Å². The molecule has 0 atom stereocenters. The van der Waals surface area contributed by atoms with Crippen LogP contribution in [-0.4, -0.2) is 55.1 Å². The van der Waals surface area contributed by atoms with Gasteiger partial charge in [0.25, 0.3) is 11.8 Å². The fourth-order valence-corrected chi connectivity index (χ4v) is 4.60. The Morgan fingerprint density at radius 2 is 2.03 bits per heavy atom. The molecule has 1 fully saturated rings. The SMILES string of the molecule is COc1cccc(C(=O)NCCN2C(=O)/C(=C/c3ccc4c(c3)OCO4)SC2=S)c1OC. The number of nitrogens with one attached hydrogen (secondary N) is 1. The molecule has 2 heterocycles.